The van der Waals surface area contributed by atoms with Crippen LogP contribution in [0.3, 0.4) is 0 Å². The quantitative estimate of drug-likeness (QED) is 0.742. The molecular weight excluding hydrogens is 224 g/mol. The van der Waals surface area contributed by atoms with Crippen LogP contribution < -0.4 is 10.5 Å². The van der Waals surface area contributed by atoms with Crippen LogP contribution in [0.25, 0.3) is 0 Å². The third kappa shape index (κ3) is 4.39. The van der Waals surface area contributed by atoms with Crippen LogP contribution in [0.4, 0.5) is 0 Å². The van der Waals surface area contributed by atoms with E-state index in [4.69, 9.17) is 5.73 Å². The molecule has 5 heteroatoms. The first-order valence-corrected chi connectivity index (χ1v) is 7.70. The van der Waals surface area contributed by atoms with Crippen LogP contribution in [0.1, 0.15) is 46.0 Å². The van der Waals surface area contributed by atoms with Crippen LogP contribution in [0.2, 0.25) is 0 Å². The molecule has 1 unspecified atom stereocenters. The van der Waals surface area contributed by atoms with Gasteiger partial charge in [0.25, 0.3) is 0 Å². The van der Waals surface area contributed by atoms with Crippen LogP contribution in [-0.4, -0.2) is 26.3 Å². The van der Waals surface area contributed by atoms with Crippen molar-refractivity contribution in [3.8, 4) is 0 Å². The van der Waals surface area contributed by atoms with Crippen molar-refractivity contribution in [2.24, 2.45) is 11.7 Å². The van der Waals surface area contributed by atoms with Gasteiger partial charge >= 0.3 is 0 Å². The zero-order valence-electron chi connectivity index (χ0n) is 10.3. The lowest BCUT2D eigenvalue weighted by atomic mass is 10.1. The minimum Gasteiger partial charge on any atom is -0.327 e. The standard InChI is InChI=1S/C11H24N2O2S/c1-9(2)7-10(12)8-13-16(14,15)11-5-3-4-6-11/h9-11,13H,3-8,12H2,1-2H3. The highest BCUT2D eigenvalue weighted by Gasteiger charge is 2.28. The summed E-state index contributed by atoms with van der Waals surface area (Å²) in [7, 11) is -3.12. The maximum absolute atomic E-state index is 11.9. The van der Waals surface area contributed by atoms with Crippen LogP contribution in [0, 0.1) is 5.92 Å². The second-order valence-electron chi connectivity index (χ2n) is 5.19. The lowest BCUT2D eigenvalue weighted by Gasteiger charge is -2.17. The minimum absolute atomic E-state index is 0.0730. The van der Waals surface area contributed by atoms with Crippen LogP contribution in [-0.2, 0) is 10.0 Å². The Kier molecular flexibility index (Phi) is 5.21. The normalized spacial score (nSPS) is 20.5. The van der Waals surface area contributed by atoms with Crippen molar-refractivity contribution in [1.29, 1.82) is 0 Å². The van der Waals surface area contributed by atoms with Crippen molar-refractivity contribution < 1.29 is 8.42 Å². The molecule has 16 heavy (non-hydrogen) atoms. The molecule has 0 aliphatic heterocycles. The van der Waals surface area contributed by atoms with Gasteiger partial charge in [0.1, 0.15) is 0 Å². The van der Waals surface area contributed by atoms with Crippen LogP contribution >= 0.6 is 0 Å². The maximum Gasteiger partial charge on any atom is 0.214 e. The second kappa shape index (κ2) is 5.98. The Labute approximate surface area is 99.0 Å². The molecule has 0 amide bonds. The third-order valence-electron chi connectivity index (χ3n) is 3.06. The van der Waals surface area contributed by atoms with E-state index in [9.17, 15) is 8.42 Å². The van der Waals surface area contributed by atoms with Gasteiger partial charge < -0.3 is 5.73 Å². The fourth-order valence-corrected chi connectivity index (χ4v) is 3.86. The first kappa shape index (κ1) is 13.9. The Morgan fingerprint density at radius 3 is 2.38 bits per heavy atom. The van der Waals surface area contributed by atoms with Gasteiger partial charge in [-0.25, -0.2) is 13.1 Å². The first-order valence-electron chi connectivity index (χ1n) is 6.16. The number of nitrogens with two attached hydrogens (primary N) is 1. The highest BCUT2D eigenvalue weighted by atomic mass is 32.2. The topological polar surface area (TPSA) is 72.2 Å². The van der Waals surface area contributed by atoms with E-state index in [1.165, 1.54) is 0 Å². The summed E-state index contributed by atoms with van der Waals surface area (Å²) in [5.74, 6) is 0.506. The predicted octanol–water partition coefficient (Wildman–Crippen LogP) is 1.22. The zero-order valence-corrected chi connectivity index (χ0v) is 11.1. The van der Waals surface area contributed by atoms with E-state index in [2.05, 4.69) is 18.6 Å². The summed E-state index contributed by atoms with van der Waals surface area (Å²) in [6.45, 7) is 4.55. The average Bonchev–Trinajstić information content (AvgIpc) is 2.67. The molecule has 4 nitrogen and oxygen atoms in total. The SMILES string of the molecule is CC(C)CC(N)CNS(=O)(=O)C1CCCC1. The van der Waals surface area contributed by atoms with Gasteiger partial charge in [-0.3, -0.25) is 0 Å². The number of hydrogen-bond donors (Lipinski definition) is 2. The summed E-state index contributed by atoms with van der Waals surface area (Å²) < 4.78 is 26.4. The monoisotopic (exact) mass is 248 g/mol. The summed E-state index contributed by atoms with van der Waals surface area (Å²) in [6, 6.07) is -0.0730. The van der Waals surface area contributed by atoms with Crippen molar-refractivity contribution in [3.63, 3.8) is 0 Å². The Bertz CT molecular complexity index is 295. The molecule has 0 aromatic heterocycles. The number of rotatable bonds is 6. The van der Waals surface area contributed by atoms with Gasteiger partial charge in [-0.05, 0) is 25.2 Å². The van der Waals surface area contributed by atoms with E-state index in [1.54, 1.807) is 0 Å². The fourth-order valence-electron chi connectivity index (χ4n) is 2.23. The summed E-state index contributed by atoms with van der Waals surface area (Å²) in [4.78, 5) is 0. The highest BCUT2D eigenvalue weighted by Crippen LogP contribution is 2.23. The van der Waals surface area contributed by atoms with Gasteiger partial charge in [-0.1, -0.05) is 26.7 Å². The summed E-state index contributed by atoms with van der Waals surface area (Å²) in [6.07, 6.45) is 4.52. The van der Waals surface area contributed by atoms with E-state index >= 15 is 0 Å². The molecule has 1 atom stereocenters. The van der Waals surface area contributed by atoms with Gasteiger partial charge in [0, 0.05) is 12.6 Å². The molecule has 0 saturated heterocycles. The Morgan fingerprint density at radius 2 is 1.88 bits per heavy atom. The van der Waals surface area contributed by atoms with E-state index in [0.717, 1.165) is 32.1 Å². The van der Waals surface area contributed by atoms with Gasteiger partial charge in [0.15, 0.2) is 0 Å². The van der Waals surface area contributed by atoms with Crippen molar-refractivity contribution in [3.05, 3.63) is 0 Å². The summed E-state index contributed by atoms with van der Waals surface area (Å²) in [5.41, 5.74) is 5.85. The molecule has 0 aromatic carbocycles. The molecule has 0 radical (unpaired) electrons. The van der Waals surface area contributed by atoms with Gasteiger partial charge in [0.05, 0.1) is 5.25 Å². The highest BCUT2D eigenvalue weighted by molar-refractivity contribution is 7.90. The van der Waals surface area contributed by atoms with Gasteiger partial charge in [-0.15, -0.1) is 0 Å². The van der Waals surface area contributed by atoms with E-state index in [0.29, 0.717) is 12.5 Å². The van der Waals surface area contributed by atoms with Crippen molar-refractivity contribution in [2.75, 3.05) is 6.54 Å². The second-order valence-corrected chi connectivity index (χ2v) is 7.23. The molecule has 96 valence electrons. The Balaban J connectivity index is 2.35. The smallest absolute Gasteiger partial charge is 0.214 e. The first-order chi connectivity index (χ1) is 7.42. The van der Waals surface area contributed by atoms with E-state index in [-0.39, 0.29) is 11.3 Å². The van der Waals surface area contributed by atoms with Crippen LogP contribution in [0.15, 0.2) is 0 Å². The van der Waals surface area contributed by atoms with Crippen molar-refractivity contribution in [2.45, 2.75) is 57.2 Å². The van der Waals surface area contributed by atoms with E-state index < -0.39 is 10.0 Å². The molecule has 1 aliphatic rings. The zero-order chi connectivity index (χ0) is 12.2. The maximum atomic E-state index is 11.9. The Hall–Kier alpha value is -0.130. The molecule has 0 heterocycles. The van der Waals surface area contributed by atoms with Crippen molar-refractivity contribution >= 4 is 10.0 Å². The molecule has 1 fully saturated rings. The average molecular weight is 248 g/mol. The largest absolute Gasteiger partial charge is 0.327 e. The lowest BCUT2D eigenvalue weighted by molar-refractivity contribution is 0.483. The van der Waals surface area contributed by atoms with Gasteiger partial charge in [0.2, 0.25) is 10.0 Å². The van der Waals surface area contributed by atoms with Crippen molar-refractivity contribution in [1.82, 2.24) is 4.72 Å². The number of hydrogen-bond acceptors (Lipinski definition) is 3. The molecule has 0 bridgehead atoms. The molecule has 1 saturated carbocycles. The Morgan fingerprint density at radius 1 is 1.31 bits per heavy atom. The molecule has 0 aromatic rings. The molecule has 1 rings (SSSR count). The van der Waals surface area contributed by atoms with E-state index in [1.807, 2.05) is 0 Å². The van der Waals surface area contributed by atoms with Gasteiger partial charge in [-0.2, -0.15) is 0 Å². The summed E-state index contributed by atoms with van der Waals surface area (Å²) >= 11 is 0. The molecule has 0 spiro atoms. The predicted molar refractivity (Wildman–Crippen MR) is 66.6 cm³/mol. The summed E-state index contributed by atoms with van der Waals surface area (Å²) in [5, 5.41) is -0.182. The third-order valence-corrected chi connectivity index (χ3v) is 4.98. The van der Waals surface area contributed by atoms with Crippen LogP contribution in [0.5, 0.6) is 0 Å². The fraction of sp³-hybridized carbons (Fsp3) is 1.00. The molecule has 3 N–H and O–H groups in total. The molecule has 1 aliphatic carbocycles. The number of nitrogens with one attached hydrogen (secondary N) is 1. The molecular formula is C11H24N2O2S. The minimum atomic E-state index is -3.12. The lowest BCUT2D eigenvalue weighted by Crippen LogP contribution is -2.41. The number of sulfonamides is 1.